The number of piperidine rings is 1. The number of hydrogen-bond acceptors (Lipinski definition) is 4. The molecule has 0 aromatic heterocycles. The number of alkyl halides is 1. The highest BCUT2D eigenvalue weighted by Gasteiger charge is 2.38. The minimum Gasteiger partial charge on any atom is -0.495 e. The van der Waals surface area contributed by atoms with Crippen LogP contribution in [0.3, 0.4) is 0 Å². The van der Waals surface area contributed by atoms with Crippen LogP contribution in [-0.2, 0) is 14.8 Å². The maximum atomic E-state index is 12.7. The summed E-state index contributed by atoms with van der Waals surface area (Å²) in [6.45, 7) is 0.263. The molecule has 2 unspecified atom stereocenters. The van der Waals surface area contributed by atoms with E-state index in [2.05, 4.69) is 10.0 Å². The lowest BCUT2D eigenvalue weighted by Gasteiger charge is -2.26. The predicted molar refractivity (Wildman–Crippen MR) is 102 cm³/mol. The van der Waals surface area contributed by atoms with Crippen molar-refractivity contribution in [2.24, 2.45) is 0 Å². The third-order valence-corrected chi connectivity index (χ3v) is 6.19. The number of carbonyl (C=O) groups is 1. The van der Waals surface area contributed by atoms with Gasteiger partial charge in [-0.15, -0.1) is 11.6 Å². The van der Waals surface area contributed by atoms with Gasteiger partial charge in [-0.2, -0.15) is 0 Å². The SMILES string of the molecule is COc1ccc(-c2ccccc2)cc1NS(=O)(=O)C1CC(Cl)CNC1=O. The summed E-state index contributed by atoms with van der Waals surface area (Å²) in [6.07, 6.45) is 0.0589. The highest BCUT2D eigenvalue weighted by molar-refractivity contribution is 7.94. The third kappa shape index (κ3) is 3.94. The Labute approximate surface area is 157 Å². The van der Waals surface area contributed by atoms with Crippen molar-refractivity contribution in [1.29, 1.82) is 0 Å². The van der Waals surface area contributed by atoms with Gasteiger partial charge in [-0.25, -0.2) is 8.42 Å². The van der Waals surface area contributed by atoms with Gasteiger partial charge >= 0.3 is 0 Å². The molecule has 2 N–H and O–H groups in total. The quantitative estimate of drug-likeness (QED) is 0.763. The third-order valence-electron chi connectivity index (χ3n) is 4.19. The number of nitrogens with one attached hydrogen (secondary N) is 2. The van der Waals surface area contributed by atoms with Crippen molar-refractivity contribution >= 4 is 33.2 Å². The topological polar surface area (TPSA) is 84.5 Å². The van der Waals surface area contributed by atoms with Gasteiger partial charge in [0.2, 0.25) is 15.9 Å². The Bertz CT molecular complexity index is 903. The molecule has 6 nitrogen and oxygen atoms in total. The number of benzene rings is 2. The highest BCUT2D eigenvalue weighted by Crippen LogP contribution is 2.32. The van der Waals surface area contributed by atoms with Gasteiger partial charge < -0.3 is 10.1 Å². The van der Waals surface area contributed by atoms with Crippen molar-refractivity contribution < 1.29 is 17.9 Å². The molecule has 0 aliphatic carbocycles. The Morgan fingerprint density at radius 3 is 2.58 bits per heavy atom. The van der Waals surface area contributed by atoms with Crippen LogP contribution in [0, 0.1) is 0 Å². The summed E-state index contributed by atoms with van der Waals surface area (Å²) in [5.41, 5.74) is 2.04. The Morgan fingerprint density at radius 2 is 1.88 bits per heavy atom. The molecule has 0 bridgehead atoms. The minimum absolute atomic E-state index is 0.0589. The van der Waals surface area contributed by atoms with E-state index >= 15 is 0 Å². The molecule has 0 radical (unpaired) electrons. The predicted octanol–water partition coefficient (Wildman–Crippen LogP) is 2.60. The average Bonchev–Trinajstić information content (AvgIpc) is 2.64. The van der Waals surface area contributed by atoms with Crippen molar-refractivity contribution in [1.82, 2.24) is 5.32 Å². The van der Waals surface area contributed by atoms with Crippen LogP contribution in [-0.4, -0.2) is 38.6 Å². The molecule has 0 saturated carbocycles. The van der Waals surface area contributed by atoms with Gasteiger partial charge in [-0.3, -0.25) is 9.52 Å². The number of anilines is 1. The molecule has 1 saturated heterocycles. The molecule has 8 heteroatoms. The van der Waals surface area contributed by atoms with E-state index in [1.165, 1.54) is 7.11 Å². The van der Waals surface area contributed by atoms with Crippen molar-refractivity contribution in [3.8, 4) is 16.9 Å². The van der Waals surface area contributed by atoms with Crippen molar-refractivity contribution in [2.45, 2.75) is 17.0 Å². The number of carbonyl (C=O) groups excluding carboxylic acids is 1. The van der Waals surface area contributed by atoms with Gasteiger partial charge in [0.15, 0.2) is 5.25 Å². The lowest BCUT2D eigenvalue weighted by Crippen LogP contribution is -2.50. The largest absolute Gasteiger partial charge is 0.495 e. The van der Waals surface area contributed by atoms with Crippen LogP contribution < -0.4 is 14.8 Å². The lowest BCUT2D eigenvalue weighted by molar-refractivity contribution is -0.121. The van der Waals surface area contributed by atoms with Crippen LogP contribution in [0.5, 0.6) is 5.75 Å². The fraction of sp³-hybridized carbons (Fsp3) is 0.278. The van der Waals surface area contributed by atoms with E-state index in [1.807, 2.05) is 36.4 Å². The first-order valence-electron chi connectivity index (χ1n) is 8.07. The first-order chi connectivity index (χ1) is 12.4. The number of halogens is 1. The van der Waals surface area contributed by atoms with Gasteiger partial charge in [-0.1, -0.05) is 36.4 Å². The minimum atomic E-state index is -3.98. The zero-order valence-electron chi connectivity index (χ0n) is 14.1. The number of ether oxygens (including phenoxy) is 1. The first-order valence-corrected chi connectivity index (χ1v) is 10.1. The molecule has 1 amide bonds. The monoisotopic (exact) mass is 394 g/mol. The Hall–Kier alpha value is -2.25. The molecular weight excluding hydrogens is 376 g/mol. The van der Waals surface area contributed by atoms with Crippen LogP contribution in [0.15, 0.2) is 48.5 Å². The van der Waals surface area contributed by atoms with Crippen LogP contribution >= 0.6 is 11.6 Å². The van der Waals surface area contributed by atoms with Gasteiger partial charge in [0.05, 0.1) is 18.2 Å². The van der Waals surface area contributed by atoms with Gasteiger partial charge in [-0.05, 0) is 29.7 Å². The van der Waals surface area contributed by atoms with E-state index in [0.717, 1.165) is 11.1 Å². The molecule has 2 aromatic rings. The van der Waals surface area contributed by atoms with Crippen molar-refractivity contribution in [3.05, 3.63) is 48.5 Å². The number of sulfonamides is 1. The van der Waals surface area contributed by atoms with E-state index in [0.29, 0.717) is 5.75 Å². The standard InChI is InChI=1S/C18H19ClN2O4S/c1-25-16-8-7-13(12-5-3-2-4-6-12)9-15(16)21-26(23,24)17-10-14(19)11-20-18(17)22/h2-9,14,17,21H,10-11H2,1H3,(H,20,22). The molecule has 1 heterocycles. The summed E-state index contributed by atoms with van der Waals surface area (Å²) in [5, 5.41) is 0.848. The van der Waals surface area contributed by atoms with Gasteiger partial charge in [0, 0.05) is 6.54 Å². The van der Waals surface area contributed by atoms with Crippen LogP contribution in [0.2, 0.25) is 0 Å². The van der Waals surface area contributed by atoms with E-state index in [1.54, 1.807) is 12.1 Å². The molecule has 138 valence electrons. The molecule has 1 aliphatic rings. The van der Waals surface area contributed by atoms with E-state index in [9.17, 15) is 13.2 Å². The molecular formula is C18H19ClN2O4S. The Balaban J connectivity index is 1.94. The second kappa shape index (κ2) is 7.55. The summed E-state index contributed by atoms with van der Waals surface area (Å²) >= 11 is 6.02. The normalized spacial score (nSPS) is 20.3. The second-order valence-corrected chi connectivity index (χ2v) is 8.48. The number of amides is 1. The molecule has 1 fully saturated rings. The van der Waals surface area contributed by atoms with E-state index < -0.39 is 26.6 Å². The van der Waals surface area contributed by atoms with Crippen LogP contribution in [0.4, 0.5) is 5.69 Å². The summed E-state index contributed by atoms with van der Waals surface area (Å²) in [4.78, 5) is 12.0. The highest BCUT2D eigenvalue weighted by atomic mass is 35.5. The number of hydrogen-bond donors (Lipinski definition) is 2. The van der Waals surface area contributed by atoms with Gasteiger partial charge in [0.25, 0.3) is 0 Å². The first kappa shape index (κ1) is 18.5. The maximum absolute atomic E-state index is 12.7. The zero-order chi connectivity index (χ0) is 18.7. The molecule has 2 atom stereocenters. The average molecular weight is 395 g/mol. The zero-order valence-corrected chi connectivity index (χ0v) is 15.7. The number of rotatable bonds is 5. The summed E-state index contributed by atoms with van der Waals surface area (Å²) in [7, 11) is -2.52. The van der Waals surface area contributed by atoms with Crippen molar-refractivity contribution in [3.63, 3.8) is 0 Å². The molecule has 1 aliphatic heterocycles. The maximum Gasteiger partial charge on any atom is 0.244 e. The summed E-state index contributed by atoms with van der Waals surface area (Å²) in [6, 6.07) is 14.8. The number of methoxy groups -OCH3 is 1. The molecule has 2 aromatic carbocycles. The Kier molecular flexibility index (Phi) is 5.38. The summed E-state index contributed by atoms with van der Waals surface area (Å²) in [5.74, 6) is -0.181. The fourth-order valence-electron chi connectivity index (χ4n) is 2.84. The Morgan fingerprint density at radius 1 is 1.15 bits per heavy atom. The summed E-state index contributed by atoms with van der Waals surface area (Å²) < 4.78 is 33.2. The molecule has 26 heavy (non-hydrogen) atoms. The smallest absolute Gasteiger partial charge is 0.244 e. The molecule has 0 spiro atoms. The van der Waals surface area contributed by atoms with E-state index in [-0.39, 0.29) is 18.7 Å². The molecule has 3 rings (SSSR count). The van der Waals surface area contributed by atoms with Crippen molar-refractivity contribution in [2.75, 3.05) is 18.4 Å². The fourth-order valence-corrected chi connectivity index (χ4v) is 4.66. The second-order valence-electron chi connectivity index (χ2n) is 5.99. The van der Waals surface area contributed by atoms with E-state index in [4.69, 9.17) is 16.3 Å². The lowest BCUT2D eigenvalue weighted by atomic mass is 10.1. The van der Waals surface area contributed by atoms with Crippen LogP contribution in [0.25, 0.3) is 11.1 Å². The van der Waals surface area contributed by atoms with Crippen LogP contribution in [0.1, 0.15) is 6.42 Å². The van der Waals surface area contributed by atoms with Gasteiger partial charge in [0.1, 0.15) is 5.75 Å².